The van der Waals surface area contributed by atoms with Crippen molar-refractivity contribution in [2.45, 2.75) is 51.9 Å². The summed E-state index contributed by atoms with van der Waals surface area (Å²) in [4.78, 5) is 0. The molecule has 0 radical (unpaired) electrons. The van der Waals surface area contributed by atoms with Gasteiger partial charge >= 0.3 is 0 Å². The lowest BCUT2D eigenvalue weighted by atomic mass is 9.85. The number of fused-ring (bicyclic) bond motifs is 1. The van der Waals surface area contributed by atoms with Gasteiger partial charge in [0, 0.05) is 23.5 Å². The monoisotopic (exact) mass is 271 g/mol. The average molecular weight is 271 g/mol. The summed E-state index contributed by atoms with van der Waals surface area (Å²) in [5.41, 5.74) is 4.30. The minimum atomic E-state index is 0.884. The third kappa shape index (κ3) is 2.56. The van der Waals surface area contributed by atoms with E-state index in [9.17, 15) is 0 Å². The Kier molecular flexibility index (Phi) is 4.00. The van der Waals surface area contributed by atoms with E-state index in [2.05, 4.69) is 35.7 Å². The van der Waals surface area contributed by atoms with E-state index in [1.165, 1.54) is 55.3 Å². The van der Waals surface area contributed by atoms with Gasteiger partial charge in [0.2, 0.25) is 0 Å². The highest BCUT2D eigenvalue weighted by Crippen LogP contribution is 2.30. The molecule has 2 nitrogen and oxygen atoms in total. The summed E-state index contributed by atoms with van der Waals surface area (Å²) < 4.78 is 7.71. The summed E-state index contributed by atoms with van der Waals surface area (Å²) in [5, 5.41) is 0. The summed E-state index contributed by atoms with van der Waals surface area (Å²) in [6, 6.07) is 6.54. The zero-order valence-electron chi connectivity index (χ0n) is 12.7. The van der Waals surface area contributed by atoms with Crippen molar-refractivity contribution in [1.82, 2.24) is 4.40 Å². The maximum atomic E-state index is 5.34. The highest BCUT2D eigenvalue weighted by atomic mass is 16.5. The van der Waals surface area contributed by atoms with Gasteiger partial charge in [0.25, 0.3) is 0 Å². The molecule has 2 aromatic heterocycles. The molecule has 0 aliphatic heterocycles. The Morgan fingerprint density at radius 1 is 1.20 bits per heavy atom. The summed E-state index contributed by atoms with van der Waals surface area (Å²) in [6.07, 6.45) is 11.6. The van der Waals surface area contributed by atoms with Crippen LogP contribution in [0, 0.1) is 5.92 Å². The first-order valence-electron chi connectivity index (χ1n) is 7.98. The predicted molar refractivity (Wildman–Crippen MR) is 83.6 cm³/mol. The number of rotatable bonds is 4. The van der Waals surface area contributed by atoms with Crippen LogP contribution in [0.25, 0.3) is 5.52 Å². The molecule has 0 amide bonds. The molecule has 0 N–H and O–H groups in total. The van der Waals surface area contributed by atoms with Crippen LogP contribution in [-0.2, 0) is 12.8 Å². The van der Waals surface area contributed by atoms with Crippen molar-refractivity contribution in [2.75, 3.05) is 7.11 Å². The van der Waals surface area contributed by atoms with Gasteiger partial charge in [-0.25, -0.2) is 0 Å². The van der Waals surface area contributed by atoms with Crippen molar-refractivity contribution in [3.63, 3.8) is 0 Å². The van der Waals surface area contributed by atoms with Crippen molar-refractivity contribution in [3.8, 4) is 5.75 Å². The number of hydrogen-bond donors (Lipinski definition) is 0. The largest absolute Gasteiger partial charge is 0.497 e. The summed E-state index contributed by atoms with van der Waals surface area (Å²) in [7, 11) is 1.73. The molecule has 20 heavy (non-hydrogen) atoms. The van der Waals surface area contributed by atoms with Crippen LogP contribution in [0.4, 0.5) is 0 Å². The molecule has 0 atom stereocenters. The van der Waals surface area contributed by atoms with Crippen LogP contribution in [-0.4, -0.2) is 11.5 Å². The Labute approximate surface area is 121 Å². The van der Waals surface area contributed by atoms with Gasteiger partial charge in [-0.05, 0) is 36.5 Å². The fourth-order valence-corrected chi connectivity index (χ4v) is 3.60. The van der Waals surface area contributed by atoms with Gasteiger partial charge in [0.15, 0.2) is 0 Å². The maximum absolute atomic E-state index is 5.34. The number of nitrogens with zero attached hydrogens (tertiary/aromatic N) is 1. The molecule has 2 heterocycles. The fourth-order valence-electron chi connectivity index (χ4n) is 3.60. The van der Waals surface area contributed by atoms with Crippen LogP contribution < -0.4 is 4.74 Å². The van der Waals surface area contributed by atoms with Gasteiger partial charge in [-0.3, -0.25) is 0 Å². The third-order valence-electron chi connectivity index (χ3n) is 4.76. The van der Waals surface area contributed by atoms with Gasteiger partial charge in [0.05, 0.1) is 7.11 Å². The lowest BCUT2D eigenvalue weighted by Crippen LogP contribution is -2.11. The molecule has 1 fully saturated rings. The third-order valence-corrected chi connectivity index (χ3v) is 4.76. The second-order valence-corrected chi connectivity index (χ2v) is 6.04. The minimum absolute atomic E-state index is 0.884. The molecule has 0 bridgehead atoms. The van der Waals surface area contributed by atoms with Crippen LogP contribution in [0.15, 0.2) is 24.4 Å². The van der Waals surface area contributed by atoms with E-state index in [1.807, 2.05) is 0 Å². The second-order valence-electron chi connectivity index (χ2n) is 6.04. The van der Waals surface area contributed by atoms with Crippen LogP contribution in [0.2, 0.25) is 0 Å². The number of aryl methyl sites for hydroxylation is 1. The van der Waals surface area contributed by atoms with Crippen molar-refractivity contribution in [3.05, 3.63) is 35.7 Å². The Morgan fingerprint density at radius 2 is 2.00 bits per heavy atom. The summed E-state index contributed by atoms with van der Waals surface area (Å²) >= 11 is 0. The zero-order chi connectivity index (χ0) is 13.9. The van der Waals surface area contributed by atoms with Crippen molar-refractivity contribution < 1.29 is 4.74 Å². The molecular weight excluding hydrogens is 246 g/mol. The maximum Gasteiger partial charge on any atom is 0.122 e. The molecule has 0 unspecified atom stereocenters. The van der Waals surface area contributed by atoms with E-state index in [4.69, 9.17) is 4.74 Å². The predicted octanol–water partition coefficient (Wildman–Crippen LogP) is 4.63. The number of aromatic nitrogens is 1. The molecule has 1 saturated carbocycles. The van der Waals surface area contributed by atoms with Gasteiger partial charge < -0.3 is 9.14 Å². The Balaban J connectivity index is 1.94. The number of hydrogen-bond acceptors (Lipinski definition) is 1. The first-order valence-corrected chi connectivity index (χ1v) is 7.98. The normalized spacial score (nSPS) is 16.7. The summed E-state index contributed by atoms with van der Waals surface area (Å²) in [5.74, 6) is 1.83. The minimum Gasteiger partial charge on any atom is -0.497 e. The number of ether oxygens (including phenoxy) is 1. The van der Waals surface area contributed by atoms with Gasteiger partial charge in [-0.2, -0.15) is 0 Å². The van der Waals surface area contributed by atoms with E-state index in [0.717, 1.165) is 18.1 Å². The molecule has 1 aliphatic rings. The molecular formula is C18H25NO. The van der Waals surface area contributed by atoms with E-state index < -0.39 is 0 Å². The smallest absolute Gasteiger partial charge is 0.122 e. The van der Waals surface area contributed by atoms with Crippen LogP contribution in [0.3, 0.4) is 0 Å². The van der Waals surface area contributed by atoms with Gasteiger partial charge in [0.1, 0.15) is 5.75 Å². The highest BCUT2D eigenvalue weighted by Gasteiger charge is 2.18. The van der Waals surface area contributed by atoms with Crippen molar-refractivity contribution in [2.24, 2.45) is 5.92 Å². The first-order chi connectivity index (χ1) is 9.81. The topological polar surface area (TPSA) is 13.6 Å². The van der Waals surface area contributed by atoms with E-state index >= 15 is 0 Å². The van der Waals surface area contributed by atoms with Gasteiger partial charge in [-0.1, -0.05) is 39.0 Å². The fraction of sp³-hybridized carbons (Fsp3) is 0.556. The highest BCUT2D eigenvalue weighted by molar-refractivity contribution is 5.56. The molecule has 0 saturated heterocycles. The molecule has 1 aliphatic carbocycles. The Morgan fingerprint density at radius 3 is 2.70 bits per heavy atom. The SMILES string of the molecule is CCc1cc2cc(OC)ccn2c1CC1CCCCC1. The first kappa shape index (κ1) is 13.5. The Hall–Kier alpha value is -1.44. The standard InChI is InChI=1S/C18H25NO/c1-3-15-12-16-13-17(20-2)9-10-19(16)18(15)11-14-7-5-4-6-8-14/h9-10,12-14H,3-8,11H2,1-2H3. The number of pyridine rings is 1. The zero-order valence-corrected chi connectivity index (χ0v) is 12.7. The number of methoxy groups -OCH3 is 1. The second kappa shape index (κ2) is 5.90. The quantitative estimate of drug-likeness (QED) is 0.790. The van der Waals surface area contributed by atoms with Crippen LogP contribution in [0.5, 0.6) is 5.75 Å². The van der Waals surface area contributed by atoms with Crippen molar-refractivity contribution in [1.29, 1.82) is 0 Å². The van der Waals surface area contributed by atoms with E-state index in [1.54, 1.807) is 7.11 Å². The molecule has 2 heteroatoms. The van der Waals surface area contributed by atoms with Crippen LogP contribution >= 0.6 is 0 Å². The van der Waals surface area contributed by atoms with Gasteiger partial charge in [-0.15, -0.1) is 0 Å². The van der Waals surface area contributed by atoms with E-state index in [0.29, 0.717) is 0 Å². The molecule has 0 aromatic carbocycles. The average Bonchev–Trinajstić information content (AvgIpc) is 2.85. The summed E-state index contributed by atoms with van der Waals surface area (Å²) in [6.45, 7) is 2.26. The molecule has 108 valence electrons. The molecule has 0 spiro atoms. The Bertz CT molecular complexity index is 578. The molecule has 3 rings (SSSR count). The van der Waals surface area contributed by atoms with Crippen LogP contribution in [0.1, 0.15) is 50.3 Å². The lowest BCUT2D eigenvalue weighted by Gasteiger charge is -2.22. The molecule has 2 aromatic rings. The van der Waals surface area contributed by atoms with Crippen molar-refractivity contribution >= 4 is 5.52 Å². The lowest BCUT2D eigenvalue weighted by molar-refractivity contribution is 0.353. The van der Waals surface area contributed by atoms with E-state index in [-0.39, 0.29) is 0 Å².